The minimum absolute atomic E-state index is 0.726. The van der Waals surface area contributed by atoms with Gasteiger partial charge < -0.3 is 10.1 Å². The monoisotopic (exact) mass is 258 g/mol. The molecule has 0 fully saturated rings. The normalized spacial score (nSPS) is 10.7. The van der Waals surface area contributed by atoms with Gasteiger partial charge in [0.25, 0.3) is 0 Å². The van der Waals surface area contributed by atoms with Gasteiger partial charge >= 0.3 is 0 Å². The van der Waals surface area contributed by atoms with Crippen molar-refractivity contribution in [2.24, 2.45) is 0 Å². The van der Waals surface area contributed by atoms with E-state index in [0.717, 1.165) is 41.9 Å². The SMILES string of the molecule is CCCOc1cccc2c(NCC)c(C)c(C)nc12. The van der Waals surface area contributed by atoms with Crippen molar-refractivity contribution in [3.8, 4) is 5.75 Å². The second-order valence-corrected chi connectivity index (χ2v) is 4.73. The molecule has 2 rings (SSSR count). The summed E-state index contributed by atoms with van der Waals surface area (Å²) in [5.74, 6) is 0.876. The summed E-state index contributed by atoms with van der Waals surface area (Å²) in [4.78, 5) is 4.71. The number of para-hydroxylation sites is 1. The van der Waals surface area contributed by atoms with Crippen LogP contribution in [0.2, 0.25) is 0 Å². The molecule has 3 heteroatoms. The van der Waals surface area contributed by atoms with Gasteiger partial charge in [-0.15, -0.1) is 0 Å². The summed E-state index contributed by atoms with van der Waals surface area (Å²) < 4.78 is 5.81. The third kappa shape index (κ3) is 2.65. The van der Waals surface area contributed by atoms with Crippen molar-refractivity contribution in [3.63, 3.8) is 0 Å². The van der Waals surface area contributed by atoms with Crippen LogP contribution in [0.3, 0.4) is 0 Å². The predicted molar refractivity (Wildman–Crippen MR) is 81.2 cm³/mol. The topological polar surface area (TPSA) is 34.1 Å². The van der Waals surface area contributed by atoms with Crippen LogP contribution in [0.15, 0.2) is 18.2 Å². The molecular formula is C16H22N2O. The van der Waals surface area contributed by atoms with Crippen LogP contribution >= 0.6 is 0 Å². The largest absolute Gasteiger partial charge is 0.491 e. The van der Waals surface area contributed by atoms with Gasteiger partial charge in [0.1, 0.15) is 11.3 Å². The number of hydrogen-bond donors (Lipinski definition) is 1. The fourth-order valence-corrected chi connectivity index (χ4v) is 2.21. The minimum Gasteiger partial charge on any atom is -0.491 e. The fourth-order valence-electron chi connectivity index (χ4n) is 2.21. The maximum Gasteiger partial charge on any atom is 0.145 e. The maximum atomic E-state index is 5.81. The van der Waals surface area contributed by atoms with Crippen LogP contribution in [-0.2, 0) is 0 Å². The Hall–Kier alpha value is -1.77. The number of aryl methyl sites for hydroxylation is 1. The summed E-state index contributed by atoms with van der Waals surface area (Å²) in [7, 11) is 0. The highest BCUT2D eigenvalue weighted by Crippen LogP contribution is 2.32. The third-order valence-corrected chi connectivity index (χ3v) is 3.28. The summed E-state index contributed by atoms with van der Waals surface area (Å²) >= 11 is 0. The van der Waals surface area contributed by atoms with Gasteiger partial charge in [-0.05, 0) is 38.8 Å². The first kappa shape index (κ1) is 13.7. The lowest BCUT2D eigenvalue weighted by Gasteiger charge is -2.15. The quantitative estimate of drug-likeness (QED) is 0.877. The molecule has 19 heavy (non-hydrogen) atoms. The summed E-state index contributed by atoms with van der Waals surface area (Å²) in [6, 6.07) is 6.13. The molecule has 2 aromatic rings. The molecule has 0 atom stereocenters. The molecule has 1 heterocycles. The van der Waals surface area contributed by atoms with Gasteiger partial charge in [-0.2, -0.15) is 0 Å². The van der Waals surface area contributed by atoms with E-state index < -0.39 is 0 Å². The van der Waals surface area contributed by atoms with E-state index in [0.29, 0.717) is 0 Å². The lowest BCUT2D eigenvalue weighted by atomic mass is 10.1. The average Bonchev–Trinajstić information content (AvgIpc) is 2.42. The number of rotatable bonds is 5. The van der Waals surface area contributed by atoms with Crippen LogP contribution in [0.25, 0.3) is 10.9 Å². The molecule has 3 nitrogen and oxygen atoms in total. The molecule has 0 bridgehead atoms. The molecule has 0 saturated carbocycles. The number of aromatic nitrogens is 1. The molecule has 0 saturated heterocycles. The molecule has 0 spiro atoms. The number of nitrogens with zero attached hydrogens (tertiary/aromatic N) is 1. The lowest BCUT2D eigenvalue weighted by Crippen LogP contribution is -2.04. The standard InChI is InChI=1S/C16H22N2O/c1-5-10-19-14-9-7-8-13-15(17-6-2)11(3)12(4)18-16(13)14/h7-9H,5-6,10H2,1-4H3,(H,17,18). The van der Waals surface area contributed by atoms with Crippen LogP contribution in [-0.4, -0.2) is 18.1 Å². The van der Waals surface area contributed by atoms with Crippen molar-refractivity contribution in [3.05, 3.63) is 29.5 Å². The molecule has 1 aromatic heterocycles. The van der Waals surface area contributed by atoms with Crippen LogP contribution in [0, 0.1) is 13.8 Å². The fraction of sp³-hybridized carbons (Fsp3) is 0.438. The third-order valence-electron chi connectivity index (χ3n) is 3.28. The van der Waals surface area contributed by atoms with Gasteiger partial charge in [0.15, 0.2) is 0 Å². The van der Waals surface area contributed by atoms with Gasteiger partial charge in [-0.3, -0.25) is 0 Å². The average molecular weight is 258 g/mol. The summed E-state index contributed by atoms with van der Waals surface area (Å²) in [6.07, 6.45) is 1.00. The molecule has 1 N–H and O–H groups in total. The molecule has 0 unspecified atom stereocenters. The molecule has 0 radical (unpaired) electrons. The number of anilines is 1. The molecule has 0 aliphatic rings. The molecule has 0 amide bonds. The Morgan fingerprint density at radius 3 is 2.68 bits per heavy atom. The summed E-state index contributed by atoms with van der Waals surface area (Å²) in [5.41, 5.74) is 4.39. The summed E-state index contributed by atoms with van der Waals surface area (Å²) in [5, 5.41) is 4.58. The van der Waals surface area contributed by atoms with E-state index >= 15 is 0 Å². The van der Waals surface area contributed by atoms with E-state index in [1.165, 1.54) is 11.3 Å². The first-order chi connectivity index (χ1) is 9.19. The van der Waals surface area contributed by atoms with Crippen molar-refractivity contribution in [2.75, 3.05) is 18.5 Å². The Labute approximate surface area is 115 Å². The first-order valence-corrected chi connectivity index (χ1v) is 6.95. The molecule has 0 aliphatic heterocycles. The number of fused-ring (bicyclic) bond motifs is 1. The van der Waals surface area contributed by atoms with Crippen LogP contribution in [0.5, 0.6) is 5.75 Å². The number of pyridine rings is 1. The number of benzene rings is 1. The molecular weight excluding hydrogens is 236 g/mol. The Morgan fingerprint density at radius 2 is 2.00 bits per heavy atom. The van der Waals surface area contributed by atoms with Crippen molar-refractivity contribution < 1.29 is 4.74 Å². The van der Waals surface area contributed by atoms with Gasteiger partial charge in [0, 0.05) is 23.3 Å². The van der Waals surface area contributed by atoms with Crippen molar-refractivity contribution >= 4 is 16.6 Å². The van der Waals surface area contributed by atoms with Crippen molar-refractivity contribution in [1.82, 2.24) is 4.98 Å². The second kappa shape index (κ2) is 5.91. The van der Waals surface area contributed by atoms with E-state index in [2.05, 4.69) is 32.2 Å². The predicted octanol–water partition coefficient (Wildman–Crippen LogP) is 4.07. The van der Waals surface area contributed by atoms with Crippen LogP contribution in [0.4, 0.5) is 5.69 Å². The Morgan fingerprint density at radius 1 is 1.21 bits per heavy atom. The van der Waals surface area contributed by atoms with Gasteiger partial charge in [0.05, 0.1) is 6.61 Å². The Balaban J connectivity index is 2.63. The smallest absolute Gasteiger partial charge is 0.145 e. The minimum atomic E-state index is 0.726. The second-order valence-electron chi connectivity index (χ2n) is 4.73. The van der Waals surface area contributed by atoms with Crippen molar-refractivity contribution in [1.29, 1.82) is 0 Å². The number of hydrogen-bond acceptors (Lipinski definition) is 3. The first-order valence-electron chi connectivity index (χ1n) is 6.95. The van der Waals surface area contributed by atoms with Crippen molar-refractivity contribution in [2.45, 2.75) is 34.1 Å². The van der Waals surface area contributed by atoms with E-state index in [1.807, 2.05) is 19.1 Å². The molecule has 0 aliphatic carbocycles. The van der Waals surface area contributed by atoms with Gasteiger partial charge in [-0.25, -0.2) is 4.98 Å². The van der Waals surface area contributed by atoms with Crippen LogP contribution < -0.4 is 10.1 Å². The highest BCUT2D eigenvalue weighted by molar-refractivity contribution is 5.96. The highest BCUT2D eigenvalue weighted by Gasteiger charge is 2.12. The summed E-state index contributed by atoms with van der Waals surface area (Å²) in [6.45, 7) is 10.0. The highest BCUT2D eigenvalue weighted by atomic mass is 16.5. The molecule has 102 valence electrons. The van der Waals surface area contributed by atoms with E-state index in [9.17, 15) is 0 Å². The zero-order valence-electron chi connectivity index (χ0n) is 12.2. The van der Waals surface area contributed by atoms with E-state index in [1.54, 1.807) is 0 Å². The van der Waals surface area contributed by atoms with Gasteiger partial charge in [-0.1, -0.05) is 19.1 Å². The number of ether oxygens (including phenoxy) is 1. The lowest BCUT2D eigenvalue weighted by molar-refractivity contribution is 0.320. The zero-order chi connectivity index (χ0) is 13.8. The van der Waals surface area contributed by atoms with Gasteiger partial charge in [0.2, 0.25) is 0 Å². The Kier molecular flexibility index (Phi) is 4.25. The molecule has 1 aromatic carbocycles. The Bertz CT molecular complexity index is 578. The van der Waals surface area contributed by atoms with E-state index in [-0.39, 0.29) is 0 Å². The maximum absolute atomic E-state index is 5.81. The van der Waals surface area contributed by atoms with Crippen LogP contribution in [0.1, 0.15) is 31.5 Å². The number of nitrogens with one attached hydrogen (secondary N) is 1. The van der Waals surface area contributed by atoms with E-state index in [4.69, 9.17) is 9.72 Å². The zero-order valence-corrected chi connectivity index (χ0v) is 12.2.